The van der Waals surface area contributed by atoms with Crippen molar-refractivity contribution in [3.05, 3.63) is 50.7 Å². The Labute approximate surface area is 128 Å². The molecule has 1 aromatic heterocycles. The Morgan fingerprint density at radius 2 is 2.20 bits per heavy atom. The van der Waals surface area contributed by atoms with Gasteiger partial charge in [-0.15, -0.1) is 0 Å². The van der Waals surface area contributed by atoms with E-state index in [1.54, 1.807) is 18.2 Å². The number of halogens is 1. The molecule has 1 N–H and O–H groups in total. The summed E-state index contributed by atoms with van der Waals surface area (Å²) in [5.74, 6) is 0.245. The van der Waals surface area contributed by atoms with Gasteiger partial charge in [-0.1, -0.05) is 12.1 Å². The monoisotopic (exact) mass is 385 g/mol. The summed E-state index contributed by atoms with van der Waals surface area (Å²) in [6.45, 7) is -0.0965. The summed E-state index contributed by atoms with van der Waals surface area (Å²) in [7, 11) is 1.53. The molecule has 20 heavy (non-hydrogen) atoms. The molecule has 0 bridgehead atoms. The van der Waals surface area contributed by atoms with E-state index >= 15 is 0 Å². The molecule has 2 rings (SSSR count). The second-order valence-corrected chi connectivity index (χ2v) is 5.09. The van der Waals surface area contributed by atoms with Crippen LogP contribution >= 0.6 is 22.6 Å². The van der Waals surface area contributed by atoms with Crippen LogP contribution in [0.25, 0.3) is 0 Å². The summed E-state index contributed by atoms with van der Waals surface area (Å²) in [6, 6.07) is 7.07. The number of hydrogen-bond donors (Lipinski definition) is 1. The first-order valence-corrected chi connectivity index (χ1v) is 6.82. The number of para-hydroxylation sites is 2. The average molecular weight is 385 g/mol. The first-order valence-electron chi connectivity index (χ1n) is 5.74. The summed E-state index contributed by atoms with van der Waals surface area (Å²) in [6.07, 6.45) is 2.80. The number of anilines is 1. The zero-order chi connectivity index (χ0) is 14.5. The highest BCUT2D eigenvalue weighted by Gasteiger charge is 2.09. The molecule has 1 aromatic carbocycles. The van der Waals surface area contributed by atoms with Gasteiger partial charge in [-0.3, -0.25) is 14.2 Å². The molecule has 0 aliphatic rings. The molecule has 1 amide bonds. The van der Waals surface area contributed by atoms with Crippen molar-refractivity contribution in [2.75, 3.05) is 12.4 Å². The third-order valence-corrected chi connectivity index (χ3v) is 3.29. The lowest BCUT2D eigenvalue weighted by Crippen LogP contribution is -2.29. The van der Waals surface area contributed by atoms with Gasteiger partial charge in [0.25, 0.3) is 5.56 Å². The summed E-state index contributed by atoms with van der Waals surface area (Å²) >= 11 is 1.88. The van der Waals surface area contributed by atoms with Gasteiger partial charge in [0.05, 0.1) is 22.7 Å². The van der Waals surface area contributed by atoms with Crippen molar-refractivity contribution >= 4 is 34.2 Å². The molecule has 0 aliphatic heterocycles. The molecule has 1 heterocycles. The van der Waals surface area contributed by atoms with Gasteiger partial charge < -0.3 is 10.1 Å². The number of rotatable bonds is 4. The zero-order valence-electron chi connectivity index (χ0n) is 10.7. The largest absolute Gasteiger partial charge is 0.495 e. The van der Waals surface area contributed by atoms with Gasteiger partial charge in [0, 0.05) is 6.20 Å². The maximum absolute atomic E-state index is 12.0. The van der Waals surface area contributed by atoms with Crippen molar-refractivity contribution in [2.45, 2.75) is 6.54 Å². The summed E-state index contributed by atoms with van der Waals surface area (Å²) in [5.41, 5.74) is 0.322. The molecule has 0 unspecified atom stereocenters. The maximum atomic E-state index is 12.0. The predicted molar refractivity (Wildman–Crippen MR) is 82.8 cm³/mol. The van der Waals surface area contributed by atoms with Crippen molar-refractivity contribution in [3.63, 3.8) is 0 Å². The van der Waals surface area contributed by atoms with Crippen LogP contribution in [0, 0.1) is 3.57 Å². The van der Waals surface area contributed by atoms with E-state index in [2.05, 4.69) is 10.3 Å². The molecule has 0 aliphatic carbocycles. The third kappa shape index (κ3) is 3.35. The zero-order valence-corrected chi connectivity index (χ0v) is 12.8. The van der Waals surface area contributed by atoms with E-state index in [1.807, 2.05) is 28.7 Å². The molecule has 0 saturated carbocycles. The second kappa shape index (κ2) is 6.51. The van der Waals surface area contributed by atoms with Crippen molar-refractivity contribution in [2.24, 2.45) is 0 Å². The van der Waals surface area contributed by atoms with Crippen molar-refractivity contribution < 1.29 is 9.53 Å². The summed E-state index contributed by atoms with van der Waals surface area (Å²) in [5, 5.41) is 2.70. The fraction of sp³-hybridized carbons (Fsp3) is 0.154. The average Bonchev–Trinajstić information content (AvgIpc) is 2.44. The lowest BCUT2D eigenvalue weighted by atomic mass is 10.3. The number of nitrogens with zero attached hydrogens (tertiary/aromatic N) is 2. The second-order valence-electron chi connectivity index (χ2n) is 3.92. The minimum Gasteiger partial charge on any atom is -0.495 e. The van der Waals surface area contributed by atoms with Crippen molar-refractivity contribution in [1.82, 2.24) is 9.55 Å². The Kier molecular flexibility index (Phi) is 4.72. The Balaban J connectivity index is 2.13. The molecule has 0 fully saturated rings. The number of amides is 1. The van der Waals surface area contributed by atoms with Crippen molar-refractivity contribution in [3.8, 4) is 5.75 Å². The number of ether oxygens (including phenoxy) is 1. The number of carbonyl (C=O) groups is 1. The topological polar surface area (TPSA) is 73.2 Å². The normalized spacial score (nSPS) is 10.1. The minimum atomic E-state index is -0.319. The lowest BCUT2D eigenvalue weighted by molar-refractivity contribution is -0.116. The molecular formula is C13H12IN3O3. The SMILES string of the molecule is COc1ccccc1NC(=O)Cn1cncc(I)c1=O. The van der Waals surface area contributed by atoms with E-state index in [-0.39, 0.29) is 18.0 Å². The van der Waals surface area contributed by atoms with E-state index in [9.17, 15) is 9.59 Å². The molecule has 2 aromatic rings. The molecule has 104 valence electrons. The van der Waals surface area contributed by atoms with Crippen LogP contribution in [0.4, 0.5) is 5.69 Å². The number of nitrogens with one attached hydrogen (secondary N) is 1. The third-order valence-electron chi connectivity index (χ3n) is 2.55. The molecule has 6 nitrogen and oxygen atoms in total. The highest BCUT2D eigenvalue weighted by molar-refractivity contribution is 14.1. The maximum Gasteiger partial charge on any atom is 0.267 e. The Bertz CT molecular complexity index is 685. The highest BCUT2D eigenvalue weighted by atomic mass is 127. The van der Waals surface area contributed by atoms with E-state index in [0.29, 0.717) is 15.0 Å². The Hall–Kier alpha value is -1.90. The van der Waals surface area contributed by atoms with Gasteiger partial charge in [0.2, 0.25) is 5.91 Å². The summed E-state index contributed by atoms with van der Waals surface area (Å²) in [4.78, 5) is 27.6. The van der Waals surface area contributed by atoms with E-state index < -0.39 is 0 Å². The Morgan fingerprint density at radius 3 is 2.95 bits per heavy atom. The van der Waals surface area contributed by atoms with Gasteiger partial charge in [0.1, 0.15) is 12.3 Å². The Morgan fingerprint density at radius 1 is 1.45 bits per heavy atom. The van der Waals surface area contributed by atoms with Gasteiger partial charge in [0.15, 0.2) is 0 Å². The fourth-order valence-corrected chi connectivity index (χ4v) is 2.10. The van der Waals surface area contributed by atoms with E-state index in [4.69, 9.17) is 4.74 Å². The molecule has 0 saturated heterocycles. The van der Waals surface area contributed by atoms with Crippen LogP contribution < -0.4 is 15.6 Å². The standard InChI is InChI=1S/C13H12IN3O3/c1-20-11-5-3-2-4-10(11)16-12(18)7-17-8-15-6-9(14)13(17)19/h2-6,8H,7H2,1H3,(H,16,18). The number of aromatic nitrogens is 2. The first kappa shape index (κ1) is 14.5. The smallest absolute Gasteiger partial charge is 0.267 e. The van der Waals surface area contributed by atoms with Crippen LogP contribution in [-0.4, -0.2) is 22.6 Å². The quantitative estimate of drug-likeness (QED) is 0.810. The molecule has 7 heteroatoms. The van der Waals surface area contributed by atoms with Gasteiger partial charge in [-0.25, -0.2) is 4.98 Å². The van der Waals surface area contributed by atoms with Crippen LogP contribution in [0.3, 0.4) is 0 Å². The number of benzene rings is 1. The molecule has 0 atom stereocenters. The number of methoxy groups -OCH3 is 1. The molecule has 0 spiro atoms. The van der Waals surface area contributed by atoms with E-state index in [1.165, 1.54) is 24.2 Å². The van der Waals surface area contributed by atoms with Crippen molar-refractivity contribution in [1.29, 1.82) is 0 Å². The highest BCUT2D eigenvalue weighted by Crippen LogP contribution is 2.22. The lowest BCUT2D eigenvalue weighted by Gasteiger charge is -2.10. The first-order chi connectivity index (χ1) is 9.61. The van der Waals surface area contributed by atoms with E-state index in [0.717, 1.165) is 0 Å². The molecular weight excluding hydrogens is 373 g/mol. The fourth-order valence-electron chi connectivity index (χ4n) is 1.63. The van der Waals surface area contributed by atoms with Crippen LogP contribution in [0.1, 0.15) is 0 Å². The predicted octanol–water partition coefficient (Wildman–Crippen LogP) is 1.50. The minimum absolute atomic E-state index is 0.0965. The van der Waals surface area contributed by atoms with Gasteiger partial charge in [-0.2, -0.15) is 0 Å². The van der Waals surface area contributed by atoms with Gasteiger partial charge in [-0.05, 0) is 34.7 Å². The number of hydrogen-bond acceptors (Lipinski definition) is 4. The van der Waals surface area contributed by atoms with Crippen LogP contribution in [0.2, 0.25) is 0 Å². The molecule has 0 radical (unpaired) electrons. The van der Waals surface area contributed by atoms with Crippen LogP contribution in [0.5, 0.6) is 5.75 Å². The van der Waals surface area contributed by atoms with Gasteiger partial charge >= 0.3 is 0 Å². The summed E-state index contributed by atoms with van der Waals surface area (Å²) < 4.78 is 6.87. The van der Waals surface area contributed by atoms with Crippen LogP contribution in [-0.2, 0) is 11.3 Å². The number of carbonyl (C=O) groups excluding carboxylic acids is 1. The van der Waals surface area contributed by atoms with Crippen LogP contribution in [0.15, 0.2) is 41.6 Å².